The van der Waals surface area contributed by atoms with Crippen LogP contribution in [0, 0.1) is 5.92 Å². The van der Waals surface area contributed by atoms with Crippen LogP contribution in [0.4, 0.5) is 0 Å². The van der Waals surface area contributed by atoms with Gasteiger partial charge >= 0.3 is 7.60 Å². The quantitative estimate of drug-likeness (QED) is 0.395. The van der Waals surface area contributed by atoms with E-state index in [1.807, 2.05) is 0 Å². The fraction of sp³-hybridized carbons (Fsp3) is 1.00. The average Bonchev–Trinajstić information content (AvgIpc) is 2.54. The Morgan fingerprint density at radius 1 is 1.20 bits per heavy atom. The summed E-state index contributed by atoms with van der Waals surface area (Å²) in [6.45, 7) is 4.86. The first kappa shape index (κ1) is 23.1. The van der Waals surface area contributed by atoms with Gasteiger partial charge in [-0.3, -0.25) is 9.46 Å². The molecule has 1 rings (SSSR count). The molecule has 0 aromatic carbocycles. The topological polar surface area (TPSA) is 79.2 Å². The maximum Gasteiger partial charge on any atom is 0.339 e. The second kappa shape index (κ2) is 11.0. The van der Waals surface area contributed by atoms with Gasteiger partial charge in [-0.1, -0.05) is 52.4 Å². The minimum atomic E-state index is -4.13. The maximum atomic E-state index is 11.5. The molecule has 1 saturated heterocycles. The van der Waals surface area contributed by atoms with Crippen molar-refractivity contribution in [2.24, 2.45) is 5.92 Å². The molecule has 0 amide bonds. The fourth-order valence-electron chi connectivity index (χ4n) is 3.68. The Kier molecular flexibility index (Phi) is 10.2. The lowest BCUT2D eigenvalue weighted by atomic mass is 9.88. The maximum absolute atomic E-state index is 11.5. The van der Waals surface area contributed by atoms with Gasteiger partial charge in [0.1, 0.15) is 12.0 Å². The number of hydrogen-bond donors (Lipinski definition) is 2. The molecule has 0 aliphatic carbocycles. The van der Waals surface area contributed by atoms with Gasteiger partial charge in [0.05, 0.1) is 12.7 Å². The Morgan fingerprint density at radius 2 is 1.80 bits per heavy atom. The van der Waals surface area contributed by atoms with Gasteiger partial charge in [0.15, 0.2) is 0 Å². The summed E-state index contributed by atoms with van der Waals surface area (Å²) < 4.78 is 23.3. The van der Waals surface area contributed by atoms with Crippen LogP contribution in [-0.2, 0) is 14.0 Å². The minimum absolute atomic E-state index is 0.0533. The number of hydrogen-bond acceptors (Lipinski definition) is 4. The zero-order valence-electron chi connectivity index (χ0n) is 16.4. The van der Waals surface area contributed by atoms with Crippen LogP contribution in [0.15, 0.2) is 0 Å². The van der Waals surface area contributed by atoms with Crippen LogP contribution in [0.1, 0.15) is 71.6 Å². The molecule has 1 aliphatic heterocycles. The van der Waals surface area contributed by atoms with E-state index in [-0.39, 0.29) is 18.3 Å². The van der Waals surface area contributed by atoms with Crippen LogP contribution >= 0.6 is 7.60 Å². The summed E-state index contributed by atoms with van der Waals surface area (Å²) in [7, 11) is -0.672. The fourth-order valence-corrected chi connectivity index (χ4v) is 4.49. The molecule has 0 spiro atoms. The molecule has 0 aromatic heterocycles. The van der Waals surface area contributed by atoms with Crippen LogP contribution in [0.2, 0.25) is 0 Å². The molecule has 0 unspecified atom stereocenters. The third-order valence-electron chi connectivity index (χ3n) is 5.34. The third-order valence-corrected chi connectivity index (χ3v) is 6.13. The highest BCUT2D eigenvalue weighted by Gasteiger charge is 2.44. The van der Waals surface area contributed by atoms with Gasteiger partial charge in [-0.15, -0.1) is 0 Å². The molecular formula is C18H38NO5P. The van der Waals surface area contributed by atoms with Crippen molar-refractivity contribution in [1.82, 2.24) is 4.90 Å². The van der Waals surface area contributed by atoms with Gasteiger partial charge in [0.25, 0.3) is 0 Å². The zero-order chi connectivity index (χ0) is 18.9. The molecular weight excluding hydrogens is 341 g/mol. The molecule has 3 atom stereocenters. The monoisotopic (exact) mass is 379 g/mol. The van der Waals surface area contributed by atoms with E-state index in [2.05, 4.69) is 13.8 Å². The molecule has 6 nitrogen and oxygen atoms in total. The first-order chi connectivity index (χ1) is 11.7. The molecule has 25 heavy (non-hydrogen) atoms. The predicted octanol–water partition coefficient (Wildman–Crippen LogP) is 3.96. The summed E-state index contributed by atoms with van der Waals surface area (Å²) in [4.78, 5) is 20.5. The standard InChI is InChI=1S/C18H38NO5P/c1-5-6-7-8-9-10-11-12-18(19(3)15-25(20,21)22)13-17(23-4)16(2)14-24-18/h16-17H,5-15H2,1-4H3,(H2,20,21,22)/t16-,17-,18-/m0/s1. The highest BCUT2D eigenvalue weighted by atomic mass is 31.2. The second-order valence-electron chi connectivity index (χ2n) is 7.59. The van der Waals surface area contributed by atoms with Gasteiger partial charge in [-0.05, 0) is 19.9 Å². The summed E-state index contributed by atoms with van der Waals surface area (Å²) in [6, 6.07) is 0. The van der Waals surface area contributed by atoms with E-state index in [1.165, 1.54) is 32.1 Å². The molecule has 0 saturated carbocycles. The molecule has 0 radical (unpaired) electrons. The van der Waals surface area contributed by atoms with Crippen molar-refractivity contribution in [3.63, 3.8) is 0 Å². The summed E-state index contributed by atoms with van der Waals surface area (Å²) in [5, 5.41) is 0. The zero-order valence-corrected chi connectivity index (χ0v) is 17.3. The Labute approximate surface area is 153 Å². The highest BCUT2D eigenvalue weighted by molar-refractivity contribution is 7.51. The first-order valence-corrected chi connectivity index (χ1v) is 11.5. The highest BCUT2D eigenvalue weighted by Crippen LogP contribution is 2.42. The SMILES string of the molecule is CCCCCCCCC[C@@]1(N(C)CP(=O)(O)O)C[C@H](OC)[C@@H](C)CO1. The van der Waals surface area contributed by atoms with Crippen LogP contribution in [0.3, 0.4) is 0 Å². The van der Waals surface area contributed by atoms with Crippen LogP contribution < -0.4 is 0 Å². The van der Waals surface area contributed by atoms with E-state index in [4.69, 9.17) is 9.47 Å². The molecule has 1 fully saturated rings. The van der Waals surface area contributed by atoms with Gasteiger partial charge in [0.2, 0.25) is 0 Å². The van der Waals surface area contributed by atoms with E-state index in [1.54, 1.807) is 19.1 Å². The molecule has 7 heteroatoms. The molecule has 0 aromatic rings. The Bertz CT molecular complexity index is 416. The van der Waals surface area contributed by atoms with E-state index in [9.17, 15) is 14.4 Å². The van der Waals surface area contributed by atoms with Gasteiger partial charge in [-0.25, -0.2) is 0 Å². The number of methoxy groups -OCH3 is 1. The smallest absolute Gasteiger partial charge is 0.339 e. The largest absolute Gasteiger partial charge is 0.381 e. The van der Waals surface area contributed by atoms with E-state index >= 15 is 0 Å². The predicted molar refractivity (Wildman–Crippen MR) is 101 cm³/mol. The van der Waals surface area contributed by atoms with Crippen molar-refractivity contribution in [2.75, 3.05) is 27.1 Å². The van der Waals surface area contributed by atoms with Crippen LogP contribution in [-0.4, -0.2) is 53.6 Å². The molecule has 2 N–H and O–H groups in total. The summed E-state index contributed by atoms with van der Waals surface area (Å²) >= 11 is 0. The van der Waals surface area contributed by atoms with E-state index in [0.29, 0.717) is 13.0 Å². The molecule has 1 heterocycles. The Balaban J connectivity index is 2.64. The summed E-state index contributed by atoms with van der Waals surface area (Å²) in [5.74, 6) is 0.288. The minimum Gasteiger partial charge on any atom is -0.381 e. The number of nitrogens with zero attached hydrogens (tertiary/aromatic N) is 1. The van der Waals surface area contributed by atoms with Crippen molar-refractivity contribution < 1.29 is 23.8 Å². The van der Waals surface area contributed by atoms with E-state index < -0.39 is 13.3 Å². The van der Waals surface area contributed by atoms with Crippen molar-refractivity contribution in [3.05, 3.63) is 0 Å². The van der Waals surface area contributed by atoms with Gasteiger partial charge < -0.3 is 19.3 Å². The number of rotatable bonds is 12. The average molecular weight is 379 g/mol. The van der Waals surface area contributed by atoms with E-state index in [0.717, 1.165) is 19.3 Å². The van der Waals surface area contributed by atoms with Gasteiger partial charge in [-0.2, -0.15) is 0 Å². The lowest BCUT2D eigenvalue weighted by Crippen LogP contribution is -2.56. The second-order valence-corrected chi connectivity index (χ2v) is 9.20. The third kappa shape index (κ3) is 8.06. The van der Waals surface area contributed by atoms with Crippen molar-refractivity contribution in [2.45, 2.75) is 83.5 Å². The summed E-state index contributed by atoms with van der Waals surface area (Å²) in [6.07, 6.45) is 9.65. The molecule has 1 aliphatic rings. The number of ether oxygens (including phenoxy) is 2. The Morgan fingerprint density at radius 3 is 2.36 bits per heavy atom. The van der Waals surface area contributed by atoms with Crippen LogP contribution in [0.5, 0.6) is 0 Å². The first-order valence-electron chi connectivity index (χ1n) is 9.66. The summed E-state index contributed by atoms with van der Waals surface area (Å²) in [5.41, 5.74) is -0.641. The van der Waals surface area contributed by atoms with Crippen LogP contribution in [0.25, 0.3) is 0 Å². The normalized spacial score (nSPS) is 27.8. The van der Waals surface area contributed by atoms with Crippen molar-refractivity contribution in [3.8, 4) is 0 Å². The molecule has 150 valence electrons. The lowest BCUT2D eigenvalue weighted by Gasteiger charge is -2.48. The Hall–Kier alpha value is 0.0300. The van der Waals surface area contributed by atoms with Crippen molar-refractivity contribution in [1.29, 1.82) is 0 Å². The van der Waals surface area contributed by atoms with Crippen molar-refractivity contribution >= 4 is 7.60 Å². The lowest BCUT2D eigenvalue weighted by molar-refractivity contribution is -0.218. The molecule has 0 bridgehead atoms. The number of unbranched alkanes of at least 4 members (excludes halogenated alkanes) is 6. The van der Waals surface area contributed by atoms with Gasteiger partial charge in [0, 0.05) is 19.4 Å².